The van der Waals surface area contributed by atoms with Crippen LogP contribution >= 0.6 is 11.3 Å². The Morgan fingerprint density at radius 2 is 1.93 bits per heavy atom. The third-order valence-electron chi connectivity index (χ3n) is 3.92. The number of pyridine rings is 2. The third-order valence-corrected chi connectivity index (χ3v) is 4.74. The molecule has 0 bridgehead atoms. The Balaban J connectivity index is 1.82. The van der Waals surface area contributed by atoms with Crippen molar-refractivity contribution in [2.75, 3.05) is 0 Å². The Morgan fingerprint density at radius 3 is 2.62 bits per heavy atom. The Labute approximate surface area is 169 Å². The maximum absolute atomic E-state index is 10.9. The van der Waals surface area contributed by atoms with Crippen LogP contribution in [0.2, 0.25) is 0 Å². The summed E-state index contributed by atoms with van der Waals surface area (Å²) in [4.78, 5) is 24.1. The summed E-state index contributed by atoms with van der Waals surface area (Å²) in [6.45, 7) is 0. The van der Waals surface area contributed by atoms with Crippen LogP contribution < -0.4 is 4.80 Å². The van der Waals surface area contributed by atoms with Gasteiger partial charge in [-0.05, 0) is 36.4 Å². The zero-order valence-electron chi connectivity index (χ0n) is 15.0. The summed E-state index contributed by atoms with van der Waals surface area (Å²) in [6, 6.07) is 15.6. The number of aromatic nitrogens is 3. The van der Waals surface area contributed by atoms with Crippen molar-refractivity contribution in [1.82, 2.24) is 14.6 Å². The Bertz CT molecular complexity index is 1220. The molecule has 0 N–H and O–H groups in total. The summed E-state index contributed by atoms with van der Waals surface area (Å²) >= 11 is 1.41. The fraction of sp³-hybridized carbons (Fsp3) is 0. The summed E-state index contributed by atoms with van der Waals surface area (Å²) in [7, 11) is 0. The molecule has 0 unspecified atom stereocenters. The van der Waals surface area contributed by atoms with Crippen molar-refractivity contribution in [2.24, 2.45) is 10.1 Å². The lowest BCUT2D eigenvalue weighted by Gasteiger charge is -2.03. The molecule has 0 radical (unpaired) electrons. The molecule has 3 heterocycles. The summed E-state index contributed by atoms with van der Waals surface area (Å²) < 4.78 is 1.69. The van der Waals surface area contributed by atoms with Crippen molar-refractivity contribution in [1.29, 1.82) is 0 Å². The van der Waals surface area contributed by atoms with Gasteiger partial charge in [0.1, 0.15) is 0 Å². The number of hydrogen-bond donors (Lipinski definition) is 0. The lowest BCUT2D eigenvalue weighted by atomic mass is 10.1. The normalized spacial score (nSPS) is 11.8. The highest BCUT2D eigenvalue weighted by Crippen LogP contribution is 2.23. The minimum absolute atomic E-state index is 0.0350. The minimum Gasteiger partial charge on any atom is -0.262 e. The molecule has 1 aromatic carbocycles. The fourth-order valence-electron chi connectivity index (χ4n) is 2.54. The van der Waals surface area contributed by atoms with Crippen LogP contribution in [0.25, 0.3) is 11.3 Å². The van der Waals surface area contributed by atoms with Crippen LogP contribution in [-0.4, -0.2) is 25.8 Å². The summed E-state index contributed by atoms with van der Waals surface area (Å²) in [5.41, 5.74) is 2.99. The van der Waals surface area contributed by atoms with Gasteiger partial charge >= 0.3 is 0 Å². The van der Waals surface area contributed by atoms with Gasteiger partial charge in [0.15, 0.2) is 0 Å². The van der Waals surface area contributed by atoms with E-state index >= 15 is 0 Å². The van der Waals surface area contributed by atoms with Crippen molar-refractivity contribution in [3.8, 4) is 11.3 Å². The first-order chi connectivity index (χ1) is 14.2. The molecule has 0 aliphatic rings. The predicted molar refractivity (Wildman–Crippen MR) is 111 cm³/mol. The molecule has 4 rings (SSSR count). The SMILES string of the molecule is O=[N+]([O-])c1ccc(-c2csc(=Nc3cccnc3)n2N=Cc2ccccn2)cc1. The van der Waals surface area contributed by atoms with Gasteiger partial charge in [-0.2, -0.15) is 5.10 Å². The summed E-state index contributed by atoms with van der Waals surface area (Å²) in [5.74, 6) is 0. The number of nitrogens with zero attached hydrogens (tertiary/aromatic N) is 6. The average molecular weight is 402 g/mol. The monoisotopic (exact) mass is 402 g/mol. The molecule has 0 aliphatic heterocycles. The molecule has 8 nitrogen and oxygen atoms in total. The zero-order chi connectivity index (χ0) is 20.1. The second-order valence-electron chi connectivity index (χ2n) is 5.84. The number of nitro benzene ring substituents is 1. The van der Waals surface area contributed by atoms with E-state index in [1.54, 1.807) is 41.6 Å². The van der Waals surface area contributed by atoms with E-state index in [2.05, 4.69) is 20.1 Å². The van der Waals surface area contributed by atoms with Crippen molar-refractivity contribution in [2.45, 2.75) is 0 Å². The highest BCUT2D eigenvalue weighted by Gasteiger charge is 2.10. The Hall–Kier alpha value is -3.98. The van der Waals surface area contributed by atoms with Crippen LogP contribution in [0.15, 0.2) is 88.7 Å². The van der Waals surface area contributed by atoms with Crippen LogP contribution in [0.1, 0.15) is 5.69 Å². The van der Waals surface area contributed by atoms with Crippen LogP contribution in [0.3, 0.4) is 0 Å². The van der Waals surface area contributed by atoms with Crippen molar-refractivity contribution >= 4 is 28.9 Å². The summed E-state index contributed by atoms with van der Waals surface area (Å²) in [6.07, 6.45) is 6.68. The van der Waals surface area contributed by atoms with E-state index in [0.29, 0.717) is 16.2 Å². The lowest BCUT2D eigenvalue weighted by molar-refractivity contribution is -0.384. The molecule has 0 atom stereocenters. The van der Waals surface area contributed by atoms with Crippen molar-refractivity contribution in [3.05, 3.63) is 99.2 Å². The summed E-state index contributed by atoms with van der Waals surface area (Å²) in [5, 5.41) is 17.4. The smallest absolute Gasteiger partial charge is 0.262 e. The standard InChI is InChI=1S/C20H14N6O2S/c27-26(28)18-8-6-15(7-9-18)19-14-29-20(24-17-5-3-10-21-12-17)25(19)23-13-16-4-1-2-11-22-16/h1-14H. The van der Waals surface area contributed by atoms with Gasteiger partial charge in [-0.3, -0.25) is 20.1 Å². The third kappa shape index (κ3) is 4.30. The number of hydrogen-bond acceptors (Lipinski definition) is 7. The molecule has 0 amide bonds. The number of thiazole rings is 1. The van der Waals surface area contributed by atoms with Crippen LogP contribution in [0.5, 0.6) is 0 Å². The van der Waals surface area contributed by atoms with Crippen LogP contribution in [0.4, 0.5) is 11.4 Å². The van der Waals surface area contributed by atoms with Gasteiger partial charge in [-0.15, -0.1) is 11.3 Å². The van der Waals surface area contributed by atoms with Gasteiger partial charge in [-0.25, -0.2) is 9.67 Å². The molecule has 3 aromatic heterocycles. The number of rotatable bonds is 5. The second kappa shape index (κ2) is 8.36. The van der Waals surface area contributed by atoms with Gasteiger partial charge in [0.25, 0.3) is 5.69 Å². The number of non-ortho nitro benzene ring substituents is 1. The predicted octanol–water partition coefficient (Wildman–Crippen LogP) is 4.03. The van der Waals surface area contributed by atoms with Gasteiger partial charge in [-0.1, -0.05) is 6.07 Å². The first-order valence-electron chi connectivity index (χ1n) is 8.56. The molecule has 29 heavy (non-hydrogen) atoms. The topological polar surface area (TPSA) is 98.6 Å². The average Bonchev–Trinajstić information content (AvgIpc) is 3.16. The van der Waals surface area contributed by atoms with Gasteiger partial charge in [0.2, 0.25) is 4.80 Å². The highest BCUT2D eigenvalue weighted by molar-refractivity contribution is 7.07. The molecule has 4 aromatic rings. The lowest BCUT2D eigenvalue weighted by Crippen LogP contribution is -2.11. The molecular weight excluding hydrogens is 388 g/mol. The van der Waals surface area contributed by atoms with Gasteiger partial charge in [0, 0.05) is 35.5 Å². The van der Waals surface area contributed by atoms with E-state index in [4.69, 9.17) is 0 Å². The molecular formula is C20H14N6O2S. The molecule has 0 spiro atoms. The van der Waals surface area contributed by atoms with Crippen molar-refractivity contribution < 1.29 is 4.92 Å². The van der Waals surface area contributed by atoms with E-state index in [0.717, 1.165) is 11.3 Å². The number of nitro groups is 1. The van der Waals surface area contributed by atoms with Gasteiger partial charge < -0.3 is 0 Å². The maximum atomic E-state index is 10.9. The van der Waals surface area contributed by atoms with Crippen LogP contribution in [0, 0.1) is 10.1 Å². The minimum atomic E-state index is -0.423. The van der Waals surface area contributed by atoms with Crippen LogP contribution in [-0.2, 0) is 0 Å². The number of benzene rings is 1. The molecule has 0 saturated carbocycles. The van der Waals surface area contributed by atoms with E-state index in [-0.39, 0.29) is 5.69 Å². The molecule has 142 valence electrons. The first kappa shape index (κ1) is 18.4. The quantitative estimate of drug-likeness (QED) is 0.286. The van der Waals surface area contributed by atoms with E-state index in [9.17, 15) is 10.1 Å². The van der Waals surface area contributed by atoms with Gasteiger partial charge in [0.05, 0.1) is 34.4 Å². The van der Waals surface area contributed by atoms with Crippen molar-refractivity contribution in [3.63, 3.8) is 0 Å². The maximum Gasteiger partial charge on any atom is 0.269 e. The molecule has 0 saturated heterocycles. The highest BCUT2D eigenvalue weighted by atomic mass is 32.1. The Morgan fingerprint density at radius 1 is 1.07 bits per heavy atom. The second-order valence-corrected chi connectivity index (χ2v) is 6.68. The zero-order valence-corrected chi connectivity index (χ0v) is 15.8. The molecule has 9 heteroatoms. The van der Waals surface area contributed by atoms with E-state index < -0.39 is 4.92 Å². The van der Waals surface area contributed by atoms with E-state index in [1.807, 2.05) is 35.7 Å². The molecule has 0 fully saturated rings. The molecule has 0 aliphatic carbocycles. The largest absolute Gasteiger partial charge is 0.269 e. The van der Waals surface area contributed by atoms with E-state index in [1.165, 1.54) is 23.5 Å². The fourth-order valence-corrected chi connectivity index (χ4v) is 3.40. The first-order valence-corrected chi connectivity index (χ1v) is 9.44. The Kier molecular flexibility index (Phi) is 5.30.